The molecule has 0 aliphatic heterocycles. The minimum atomic E-state index is 0.136. The second kappa shape index (κ2) is 7.41. The molecule has 0 radical (unpaired) electrons. The van der Waals surface area contributed by atoms with Gasteiger partial charge >= 0.3 is 0 Å². The summed E-state index contributed by atoms with van der Waals surface area (Å²) >= 11 is 1.63. The highest BCUT2D eigenvalue weighted by molar-refractivity contribution is 7.07. The molecule has 1 aromatic carbocycles. The van der Waals surface area contributed by atoms with E-state index in [1.807, 2.05) is 31.5 Å². The van der Waals surface area contributed by atoms with E-state index in [1.165, 1.54) is 5.56 Å². The molecule has 1 aromatic heterocycles. The molecule has 3 nitrogen and oxygen atoms in total. The number of ether oxygens (including phenoxy) is 1. The Morgan fingerprint density at radius 3 is 2.85 bits per heavy atom. The zero-order valence-electron chi connectivity index (χ0n) is 12.3. The lowest BCUT2D eigenvalue weighted by atomic mass is 10.0. The van der Waals surface area contributed by atoms with Crippen LogP contribution in [0, 0.1) is 0 Å². The van der Waals surface area contributed by atoms with Crippen molar-refractivity contribution in [2.45, 2.75) is 39.3 Å². The number of nitrogens with one attached hydrogen (secondary N) is 1. The number of aromatic nitrogens is 1. The lowest BCUT2D eigenvalue weighted by Crippen LogP contribution is -2.23. The third kappa shape index (κ3) is 4.05. The molecule has 0 saturated carbocycles. The molecule has 0 aliphatic carbocycles. The van der Waals surface area contributed by atoms with E-state index in [2.05, 4.69) is 34.7 Å². The summed E-state index contributed by atoms with van der Waals surface area (Å²) in [6.45, 7) is 7.22. The topological polar surface area (TPSA) is 34.1 Å². The quantitative estimate of drug-likeness (QED) is 0.836. The van der Waals surface area contributed by atoms with E-state index in [0.717, 1.165) is 24.4 Å². The van der Waals surface area contributed by atoms with Crippen molar-refractivity contribution >= 4 is 11.3 Å². The molecule has 2 aromatic rings. The van der Waals surface area contributed by atoms with Gasteiger partial charge in [-0.2, -0.15) is 0 Å². The van der Waals surface area contributed by atoms with Gasteiger partial charge in [-0.15, -0.1) is 11.3 Å². The van der Waals surface area contributed by atoms with Gasteiger partial charge in [-0.3, -0.25) is 0 Å². The molecule has 108 valence electrons. The Balaban J connectivity index is 2.24. The number of nitrogens with zero attached hydrogens (tertiary/aromatic N) is 1. The van der Waals surface area contributed by atoms with Gasteiger partial charge in [0.2, 0.25) is 0 Å². The first-order valence-electron chi connectivity index (χ1n) is 7.08. The first kappa shape index (κ1) is 15.0. The molecule has 0 amide bonds. The van der Waals surface area contributed by atoms with Crippen LogP contribution in [-0.4, -0.2) is 17.6 Å². The second-order valence-electron chi connectivity index (χ2n) is 5.04. The van der Waals surface area contributed by atoms with Gasteiger partial charge in [-0.1, -0.05) is 19.1 Å². The highest BCUT2D eigenvalue weighted by Crippen LogP contribution is 2.25. The van der Waals surface area contributed by atoms with Crippen LogP contribution in [0.25, 0.3) is 0 Å². The van der Waals surface area contributed by atoms with Gasteiger partial charge in [0.25, 0.3) is 0 Å². The third-order valence-electron chi connectivity index (χ3n) is 2.91. The van der Waals surface area contributed by atoms with Crippen LogP contribution in [-0.2, 0) is 0 Å². The van der Waals surface area contributed by atoms with Crippen molar-refractivity contribution in [1.29, 1.82) is 0 Å². The molecule has 1 N–H and O–H groups in total. The fraction of sp³-hybridized carbons (Fsp3) is 0.438. The Labute approximate surface area is 125 Å². The monoisotopic (exact) mass is 290 g/mol. The van der Waals surface area contributed by atoms with Gasteiger partial charge < -0.3 is 10.1 Å². The molecule has 0 saturated heterocycles. The first-order chi connectivity index (χ1) is 9.70. The minimum Gasteiger partial charge on any atom is -0.491 e. The van der Waals surface area contributed by atoms with Crippen LogP contribution in [0.1, 0.15) is 44.5 Å². The largest absolute Gasteiger partial charge is 0.491 e. The number of thiazole rings is 1. The predicted octanol–water partition coefficient (Wildman–Crippen LogP) is 4.02. The molecule has 1 atom stereocenters. The SMILES string of the molecule is CCCNC(c1cccc(OC(C)C)c1)c1cscn1. The van der Waals surface area contributed by atoms with E-state index in [1.54, 1.807) is 11.3 Å². The molecule has 2 rings (SSSR count). The molecule has 0 spiro atoms. The van der Waals surface area contributed by atoms with Gasteiger partial charge in [-0.25, -0.2) is 4.98 Å². The average molecular weight is 290 g/mol. The molecule has 20 heavy (non-hydrogen) atoms. The zero-order chi connectivity index (χ0) is 14.4. The summed E-state index contributed by atoms with van der Waals surface area (Å²) in [4.78, 5) is 4.45. The van der Waals surface area contributed by atoms with Crippen LogP contribution in [0.5, 0.6) is 5.75 Å². The zero-order valence-corrected chi connectivity index (χ0v) is 13.1. The number of rotatable bonds is 7. The van der Waals surface area contributed by atoms with E-state index in [-0.39, 0.29) is 12.1 Å². The van der Waals surface area contributed by atoms with Gasteiger partial charge in [0, 0.05) is 5.38 Å². The van der Waals surface area contributed by atoms with Crippen LogP contribution in [0.15, 0.2) is 35.2 Å². The smallest absolute Gasteiger partial charge is 0.120 e. The number of hydrogen-bond acceptors (Lipinski definition) is 4. The standard InChI is InChI=1S/C16H22N2OS/c1-4-8-17-16(15-10-20-11-18-15)13-6-5-7-14(9-13)19-12(2)3/h5-7,9-12,16-17H,4,8H2,1-3H3. The summed E-state index contributed by atoms with van der Waals surface area (Å²) in [5, 5.41) is 5.66. The normalized spacial score (nSPS) is 12.6. The molecule has 0 bridgehead atoms. The Bertz CT molecular complexity index is 511. The Morgan fingerprint density at radius 1 is 1.35 bits per heavy atom. The summed E-state index contributed by atoms with van der Waals surface area (Å²) in [6, 6.07) is 8.41. The maximum atomic E-state index is 5.78. The molecule has 0 fully saturated rings. The molecule has 0 aliphatic rings. The maximum Gasteiger partial charge on any atom is 0.120 e. The van der Waals surface area contributed by atoms with Crippen molar-refractivity contribution in [2.24, 2.45) is 0 Å². The summed E-state index contributed by atoms with van der Waals surface area (Å²) in [5.41, 5.74) is 4.15. The Hall–Kier alpha value is -1.39. The van der Waals surface area contributed by atoms with E-state index < -0.39 is 0 Å². The lowest BCUT2D eigenvalue weighted by Gasteiger charge is -2.18. The molecule has 1 unspecified atom stereocenters. The summed E-state index contributed by atoms with van der Waals surface area (Å²) in [7, 11) is 0. The van der Waals surface area contributed by atoms with Gasteiger partial charge in [0.1, 0.15) is 5.75 Å². The van der Waals surface area contributed by atoms with Crippen molar-refractivity contribution < 1.29 is 4.74 Å². The maximum absolute atomic E-state index is 5.78. The highest BCUT2D eigenvalue weighted by atomic mass is 32.1. The van der Waals surface area contributed by atoms with Crippen LogP contribution in [0.2, 0.25) is 0 Å². The molecule has 4 heteroatoms. The molecular weight excluding hydrogens is 268 g/mol. The van der Waals surface area contributed by atoms with E-state index in [9.17, 15) is 0 Å². The summed E-state index contributed by atoms with van der Waals surface area (Å²) < 4.78 is 5.78. The summed E-state index contributed by atoms with van der Waals surface area (Å²) in [5.74, 6) is 0.913. The van der Waals surface area contributed by atoms with Gasteiger partial charge in [-0.05, 0) is 44.5 Å². The Kier molecular flexibility index (Phi) is 5.56. The van der Waals surface area contributed by atoms with Crippen LogP contribution in [0.3, 0.4) is 0 Å². The van der Waals surface area contributed by atoms with Gasteiger partial charge in [0.05, 0.1) is 23.4 Å². The van der Waals surface area contributed by atoms with Crippen LogP contribution >= 0.6 is 11.3 Å². The van der Waals surface area contributed by atoms with Crippen molar-refractivity contribution in [3.8, 4) is 5.75 Å². The van der Waals surface area contributed by atoms with E-state index in [4.69, 9.17) is 4.74 Å². The third-order valence-corrected chi connectivity index (χ3v) is 3.51. The van der Waals surface area contributed by atoms with Crippen LogP contribution < -0.4 is 10.1 Å². The second-order valence-corrected chi connectivity index (χ2v) is 5.76. The minimum absolute atomic E-state index is 0.136. The van der Waals surface area contributed by atoms with Crippen molar-refractivity contribution in [3.63, 3.8) is 0 Å². The first-order valence-corrected chi connectivity index (χ1v) is 8.03. The molecule has 1 heterocycles. The summed E-state index contributed by atoms with van der Waals surface area (Å²) in [6.07, 6.45) is 1.29. The van der Waals surface area contributed by atoms with Gasteiger partial charge in [0.15, 0.2) is 0 Å². The lowest BCUT2D eigenvalue weighted by molar-refractivity contribution is 0.242. The van der Waals surface area contributed by atoms with Crippen molar-refractivity contribution in [2.75, 3.05) is 6.54 Å². The van der Waals surface area contributed by atoms with E-state index in [0.29, 0.717) is 0 Å². The molecular formula is C16H22N2OS. The fourth-order valence-corrected chi connectivity index (χ4v) is 2.67. The fourth-order valence-electron chi connectivity index (χ4n) is 2.09. The Morgan fingerprint density at radius 2 is 2.20 bits per heavy atom. The predicted molar refractivity (Wildman–Crippen MR) is 84.5 cm³/mol. The van der Waals surface area contributed by atoms with Crippen LogP contribution in [0.4, 0.5) is 0 Å². The van der Waals surface area contributed by atoms with Crippen molar-refractivity contribution in [3.05, 3.63) is 46.4 Å². The number of benzene rings is 1. The number of hydrogen-bond donors (Lipinski definition) is 1. The van der Waals surface area contributed by atoms with E-state index >= 15 is 0 Å². The van der Waals surface area contributed by atoms with Crippen molar-refractivity contribution in [1.82, 2.24) is 10.3 Å². The highest BCUT2D eigenvalue weighted by Gasteiger charge is 2.15. The average Bonchev–Trinajstić information content (AvgIpc) is 2.93.